The first-order valence-corrected chi connectivity index (χ1v) is 9.13. The molecule has 2 aromatic rings. The van der Waals surface area contributed by atoms with Crippen LogP contribution in [0.3, 0.4) is 0 Å². The van der Waals surface area contributed by atoms with Gasteiger partial charge in [-0.15, -0.1) is 0 Å². The van der Waals surface area contributed by atoms with Crippen molar-refractivity contribution in [2.45, 2.75) is 50.9 Å². The second-order valence-corrected chi connectivity index (χ2v) is 7.21. The van der Waals surface area contributed by atoms with Crippen molar-refractivity contribution >= 4 is 15.9 Å². The standard InChI is InChI=1S/C20H23BrO/c21-17-13-18(15-9-5-2-1-3-6-10-15)20(22)19(14-17)16-11-7-4-8-12-16/h4,7-8,11-15,22H,1-3,5-6,9-10H2. The Morgan fingerprint density at radius 3 is 2.18 bits per heavy atom. The van der Waals surface area contributed by atoms with Crippen LogP contribution in [0.2, 0.25) is 0 Å². The van der Waals surface area contributed by atoms with Crippen molar-refractivity contribution in [2.75, 3.05) is 0 Å². The molecule has 1 fully saturated rings. The van der Waals surface area contributed by atoms with Gasteiger partial charge in [-0.05, 0) is 42.0 Å². The first-order valence-electron chi connectivity index (χ1n) is 8.33. The molecule has 1 nitrogen and oxygen atoms in total. The summed E-state index contributed by atoms with van der Waals surface area (Å²) >= 11 is 3.63. The van der Waals surface area contributed by atoms with Crippen LogP contribution in [-0.2, 0) is 0 Å². The summed E-state index contributed by atoms with van der Waals surface area (Å²) in [6, 6.07) is 14.3. The minimum atomic E-state index is 0.472. The molecule has 2 heteroatoms. The molecule has 1 aliphatic carbocycles. The minimum absolute atomic E-state index is 0.472. The molecule has 3 rings (SSSR count). The maximum atomic E-state index is 10.9. The van der Waals surface area contributed by atoms with Crippen LogP contribution in [0.15, 0.2) is 46.9 Å². The third-order valence-corrected chi connectivity index (χ3v) is 5.19. The van der Waals surface area contributed by atoms with E-state index in [9.17, 15) is 5.11 Å². The van der Waals surface area contributed by atoms with E-state index in [2.05, 4.69) is 34.1 Å². The van der Waals surface area contributed by atoms with Gasteiger partial charge in [0.2, 0.25) is 0 Å². The van der Waals surface area contributed by atoms with Gasteiger partial charge in [0.05, 0.1) is 0 Å². The summed E-state index contributed by atoms with van der Waals surface area (Å²) in [5.74, 6) is 0.959. The third kappa shape index (κ3) is 3.55. The number of hydrogen-bond acceptors (Lipinski definition) is 1. The Labute approximate surface area is 141 Å². The predicted molar refractivity (Wildman–Crippen MR) is 96.3 cm³/mol. The Balaban J connectivity index is 1.99. The molecule has 0 radical (unpaired) electrons. The molecule has 1 aliphatic rings. The fraction of sp³-hybridized carbons (Fsp3) is 0.400. The van der Waals surface area contributed by atoms with E-state index in [0.29, 0.717) is 11.7 Å². The molecule has 116 valence electrons. The number of rotatable bonds is 2. The average Bonchev–Trinajstić information content (AvgIpc) is 2.50. The number of phenolic OH excluding ortho intramolecular Hbond substituents is 1. The lowest BCUT2D eigenvalue weighted by Crippen LogP contribution is -2.03. The van der Waals surface area contributed by atoms with Crippen LogP contribution in [0.1, 0.15) is 56.4 Å². The highest BCUT2D eigenvalue weighted by Gasteiger charge is 2.20. The number of phenols is 1. The molecule has 0 aromatic heterocycles. The number of halogens is 1. The number of aromatic hydroxyl groups is 1. The van der Waals surface area contributed by atoms with Crippen molar-refractivity contribution in [1.29, 1.82) is 0 Å². The van der Waals surface area contributed by atoms with Gasteiger partial charge in [0, 0.05) is 10.0 Å². The Bertz CT molecular complexity index is 613. The van der Waals surface area contributed by atoms with Crippen LogP contribution in [0.5, 0.6) is 5.75 Å². The molecular formula is C20H23BrO. The lowest BCUT2D eigenvalue weighted by atomic mass is 9.84. The highest BCUT2D eigenvalue weighted by molar-refractivity contribution is 9.10. The normalized spacial score (nSPS) is 17.0. The zero-order chi connectivity index (χ0) is 15.4. The quantitative estimate of drug-likeness (QED) is 0.636. The molecule has 0 heterocycles. The molecule has 0 aliphatic heterocycles. The largest absolute Gasteiger partial charge is 0.507 e. The number of benzene rings is 2. The molecule has 1 saturated carbocycles. The van der Waals surface area contributed by atoms with Gasteiger partial charge in [0.1, 0.15) is 5.75 Å². The summed E-state index contributed by atoms with van der Waals surface area (Å²) in [4.78, 5) is 0. The minimum Gasteiger partial charge on any atom is -0.507 e. The van der Waals surface area contributed by atoms with E-state index in [1.165, 1.54) is 44.9 Å². The Morgan fingerprint density at radius 2 is 1.50 bits per heavy atom. The van der Waals surface area contributed by atoms with Crippen molar-refractivity contribution in [2.24, 2.45) is 0 Å². The van der Waals surface area contributed by atoms with E-state index < -0.39 is 0 Å². The molecular weight excluding hydrogens is 336 g/mol. The highest BCUT2D eigenvalue weighted by Crippen LogP contribution is 2.42. The zero-order valence-electron chi connectivity index (χ0n) is 12.9. The van der Waals surface area contributed by atoms with Crippen LogP contribution in [0, 0.1) is 0 Å². The fourth-order valence-corrected chi connectivity index (χ4v) is 4.01. The monoisotopic (exact) mass is 358 g/mol. The van der Waals surface area contributed by atoms with Crippen LogP contribution >= 0.6 is 15.9 Å². The molecule has 0 saturated heterocycles. The molecule has 22 heavy (non-hydrogen) atoms. The van der Waals surface area contributed by atoms with Gasteiger partial charge in [0.15, 0.2) is 0 Å². The van der Waals surface area contributed by atoms with Crippen LogP contribution in [0.25, 0.3) is 11.1 Å². The molecule has 0 bridgehead atoms. The van der Waals surface area contributed by atoms with Crippen molar-refractivity contribution in [3.63, 3.8) is 0 Å². The lowest BCUT2D eigenvalue weighted by molar-refractivity contribution is 0.425. The van der Waals surface area contributed by atoms with E-state index in [1.54, 1.807) is 0 Å². The molecule has 2 aromatic carbocycles. The van der Waals surface area contributed by atoms with Crippen LogP contribution in [-0.4, -0.2) is 5.11 Å². The van der Waals surface area contributed by atoms with Gasteiger partial charge in [-0.3, -0.25) is 0 Å². The average molecular weight is 359 g/mol. The summed E-state index contributed by atoms with van der Waals surface area (Å²) in [6.07, 6.45) is 8.96. The summed E-state index contributed by atoms with van der Waals surface area (Å²) in [5, 5.41) is 10.9. The maximum absolute atomic E-state index is 10.9. The Hall–Kier alpha value is -1.28. The van der Waals surface area contributed by atoms with Gasteiger partial charge in [-0.25, -0.2) is 0 Å². The molecule has 1 N–H and O–H groups in total. The second-order valence-electron chi connectivity index (χ2n) is 6.30. The maximum Gasteiger partial charge on any atom is 0.126 e. The molecule has 0 unspecified atom stereocenters. The SMILES string of the molecule is Oc1c(-c2ccccc2)cc(Br)cc1C1CCCCCCC1. The van der Waals surface area contributed by atoms with Gasteiger partial charge in [-0.2, -0.15) is 0 Å². The summed E-state index contributed by atoms with van der Waals surface area (Å²) in [6.45, 7) is 0. The zero-order valence-corrected chi connectivity index (χ0v) is 14.5. The highest BCUT2D eigenvalue weighted by atomic mass is 79.9. The third-order valence-electron chi connectivity index (χ3n) is 4.73. The molecule has 0 spiro atoms. The van der Waals surface area contributed by atoms with Crippen molar-refractivity contribution in [3.05, 3.63) is 52.5 Å². The lowest BCUT2D eigenvalue weighted by Gasteiger charge is -2.22. The first-order chi connectivity index (χ1) is 10.8. The van der Waals surface area contributed by atoms with E-state index in [-0.39, 0.29) is 0 Å². The van der Waals surface area contributed by atoms with Crippen LogP contribution < -0.4 is 0 Å². The fourth-order valence-electron chi connectivity index (χ4n) is 3.54. The first kappa shape index (κ1) is 15.6. The van der Waals surface area contributed by atoms with E-state index in [1.807, 2.05) is 24.3 Å². The van der Waals surface area contributed by atoms with Crippen LogP contribution in [0.4, 0.5) is 0 Å². The molecule has 0 atom stereocenters. The second kappa shape index (κ2) is 7.32. The Morgan fingerprint density at radius 1 is 0.864 bits per heavy atom. The predicted octanol–water partition coefficient (Wildman–Crippen LogP) is 6.65. The Kier molecular flexibility index (Phi) is 5.20. The molecule has 0 amide bonds. The number of hydrogen-bond donors (Lipinski definition) is 1. The van der Waals surface area contributed by atoms with E-state index in [4.69, 9.17) is 0 Å². The van der Waals surface area contributed by atoms with Gasteiger partial charge >= 0.3 is 0 Å². The van der Waals surface area contributed by atoms with Gasteiger partial charge in [-0.1, -0.05) is 78.4 Å². The summed E-state index contributed by atoms with van der Waals surface area (Å²) < 4.78 is 1.06. The van der Waals surface area contributed by atoms with E-state index in [0.717, 1.165) is 21.2 Å². The summed E-state index contributed by atoms with van der Waals surface area (Å²) in [7, 11) is 0. The van der Waals surface area contributed by atoms with E-state index >= 15 is 0 Å². The van der Waals surface area contributed by atoms with Gasteiger partial charge in [0.25, 0.3) is 0 Å². The topological polar surface area (TPSA) is 20.2 Å². The van der Waals surface area contributed by atoms with Gasteiger partial charge < -0.3 is 5.11 Å². The van der Waals surface area contributed by atoms with Crippen molar-refractivity contribution < 1.29 is 5.11 Å². The van der Waals surface area contributed by atoms with Crippen molar-refractivity contribution in [3.8, 4) is 16.9 Å². The van der Waals surface area contributed by atoms with Crippen molar-refractivity contribution in [1.82, 2.24) is 0 Å². The summed E-state index contributed by atoms with van der Waals surface area (Å²) in [5.41, 5.74) is 3.13. The smallest absolute Gasteiger partial charge is 0.126 e.